The summed E-state index contributed by atoms with van der Waals surface area (Å²) in [7, 11) is 1.67. The molecule has 3 rings (SSSR count). The number of fused-ring (bicyclic) bond motifs is 1. The maximum absolute atomic E-state index is 12.8. The van der Waals surface area contributed by atoms with E-state index in [2.05, 4.69) is 5.32 Å². The third-order valence-electron chi connectivity index (χ3n) is 4.56. The Morgan fingerprint density at radius 1 is 1.12 bits per heavy atom. The lowest BCUT2D eigenvalue weighted by atomic mass is 10.1. The molecule has 26 heavy (non-hydrogen) atoms. The molecule has 2 aliphatic rings. The lowest BCUT2D eigenvalue weighted by molar-refractivity contribution is -0.120. The van der Waals surface area contributed by atoms with E-state index in [1.807, 2.05) is 13.8 Å². The predicted octanol–water partition coefficient (Wildman–Crippen LogP) is 0.918. The molecule has 1 aromatic carbocycles. The fourth-order valence-electron chi connectivity index (χ4n) is 3.04. The number of piperazine rings is 1. The van der Waals surface area contributed by atoms with Crippen molar-refractivity contribution in [2.45, 2.75) is 19.9 Å². The zero-order chi connectivity index (χ0) is 18.8. The minimum absolute atomic E-state index is 0.0111. The van der Waals surface area contributed by atoms with E-state index < -0.39 is 0 Å². The lowest BCUT2D eigenvalue weighted by Crippen LogP contribution is -2.54. The molecule has 0 aromatic heterocycles. The van der Waals surface area contributed by atoms with Crippen molar-refractivity contribution in [3.63, 3.8) is 0 Å². The number of ether oxygens (including phenoxy) is 1. The summed E-state index contributed by atoms with van der Waals surface area (Å²) >= 11 is 0. The number of rotatable bonds is 2. The molecule has 2 heterocycles. The molecule has 140 valence electrons. The summed E-state index contributed by atoms with van der Waals surface area (Å²) in [6, 6.07) is 5.10. The standard InChI is InChI=1S/C18H24N4O4/c1-12(2)19-18(25)22-8-6-21(7-9-22)17(24)13-4-5-15-14(10-13)20(3)16(23)11-26-15/h4-5,10,12H,6-9,11H2,1-3H3,(H,19,25). The highest BCUT2D eigenvalue weighted by molar-refractivity contribution is 6.01. The van der Waals surface area contributed by atoms with E-state index in [0.717, 1.165) is 0 Å². The Hall–Kier alpha value is -2.77. The Balaban J connectivity index is 1.66. The van der Waals surface area contributed by atoms with Crippen LogP contribution in [0.25, 0.3) is 0 Å². The molecular formula is C18H24N4O4. The monoisotopic (exact) mass is 360 g/mol. The summed E-state index contributed by atoms with van der Waals surface area (Å²) in [5.41, 5.74) is 1.11. The van der Waals surface area contributed by atoms with Crippen LogP contribution in [0.15, 0.2) is 18.2 Å². The van der Waals surface area contributed by atoms with E-state index in [4.69, 9.17) is 4.74 Å². The van der Waals surface area contributed by atoms with Crippen LogP contribution in [-0.2, 0) is 4.79 Å². The van der Waals surface area contributed by atoms with Crippen LogP contribution in [0.5, 0.6) is 5.75 Å². The normalized spacial score (nSPS) is 17.1. The number of carbonyl (C=O) groups excluding carboxylic acids is 3. The molecule has 1 fully saturated rings. The van der Waals surface area contributed by atoms with E-state index in [1.54, 1.807) is 35.0 Å². The zero-order valence-electron chi connectivity index (χ0n) is 15.3. The second-order valence-electron chi connectivity index (χ2n) is 6.81. The highest BCUT2D eigenvalue weighted by Crippen LogP contribution is 2.32. The van der Waals surface area contributed by atoms with Gasteiger partial charge in [-0.1, -0.05) is 0 Å². The average Bonchev–Trinajstić information content (AvgIpc) is 2.63. The topological polar surface area (TPSA) is 82.2 Å². The number of amides is 4. The Morgan fingerprint density at radius 2 is 1.77 bits per heavy atom. The van der Waals surface area contributed by atoms with Gasteiger partial charge in [-0.15, -0.1) is 0 Å². The minimum atomic E-state index is -0.146. The minimum Gasteiger partial charge on any atom is -0.482 e. The molecule has 0 bridgehead atoms. The quantitative estimate of drug-likeness (QED) is 0.850. The van der Waals surface area contributed by atoms with E-state index in [1.165, 1.54) is 4.90 Å². The lowest BCUT2D eigenvalue weighted by Gasteiger charge is -2.35. The number of benzene rings is 1. The number of hydrogen-bond acceptors (Lipinski definition) is 4. The van der Waals surface area contributed by atoms with Gasteiger partial charge < -0.3 is 24.8 Å². The van der Waals surface area contributed by atoms with Crippen LogP contribution in [0.4, 0.5) is 10.5 Å². The molecular weight excluding hydrogens is 336 g/mol. The van der Waals surface area contributed by atoms with E-state index >= 15 is 0 Å². The fraction of sp³-hybridized carbons (Fsp3) is 0.500. The van der Waals surface area contributed by atoms with Gasteiger partial charge in [0.05, 0.1) is 5.69 Å². The highest BCUT2D eigenvalue weighted by Gasteiger charge is 2.27. The largest absolute Gasteiger partial charge is 0.482 e. The number of hydrogen-bond donors (Lipinski definition) is 1. The first-order chi connectivity index (χ1) is 12.4. The predicted molar refractivity (Wildman–Crippen MR) is 96.5 cm³/mol. The van der Waals surface area contributed by atoms with Crippen LogP contribution in [0, 0.1) is 0 Å². The summed E-state index contributed by atoms with van der Waals surface area (Å²) in [4.78, 5) is 41.6. The van der Waals surface area contributed by atoms with Crippen molar-refractivity contribution in [3.8, 4) is 5.75 Å². The summed E-state index contributed by atoms with van der Waals surface area (Å²) in [5, 5.41) is 2.86. The van der Waals surface area contributed by atoms with Crippen molar-refractivity contribution in [2.75, 3.05) is 44.7 Å². The highest BCUT2D eigenvalue weighted by atomic mass is 16.5. The van der Waals surface area contributed by atoms with Crippen LogP contribution in [0.1, 0.15) is 24.2 Å². The molecule has 8 heteroatoms. The van der Waals surface area contributed by atoms with Crippen molar-refractivity contribution < 1.29 is 19.1 Å². The van der Waals surface area contributed by atoms with Gasteiger partial charge in [0.25, 0.3) is 11.8 Å². The molecule has 0 aliphatic carbocycles. The van der Waals surface area contributed by atoms with Crippen molar-refractivity contribution in [1.82, 2.24) is 15.1 Å². The molecule has 8 nitrogen and oxygen atoms in total. The third kappa shape index (κ3) is 3.58. The summed E-state index contributed by atoms with van der Waals surface area (Å²) in [6.45, 7) is 5.79. The van der Waals surface area contributed by atoms with Gasteiger partial charge in [-0.2, -0.15) is 0 Å². The van der Waals surface area contributed by atoms with Gasteiger partial charge in [-0.05, 0) is 32.0 Å². The summed E-state index contributed by atoms with van der Waals surface area (Å²) < 4.78 is 5.39. The van der Waals surface area contributed by atoms with Crippen molar-refractivity contribution in [1.29, 1.82) is 0 Å². The number of carbonyl (C=O) groups is 3. The van der Waals surface area contributed by atoms with E-state index in [-0.39, 0.29) is 30.5 Å². The van der Waals surface area contributed by atoms with Gasteiger partial charge in [0.2, 0.25) is 0 Å². The molecule has 0 spiro atoms. The average molecular weight is 360 g/mol. The maximum Gasteiger partial charge on any atom is 0.317 e. The molecule has 2 aliphatic heterocycles. The molecule has 0 atom stereocenters. The first-order valence-corrected chi connectivity index (χ1v) is 8.75. The Labute approximate surface area is 152 Å². The Morgan fingerprint density at radius 3 is 2.42 bits per heavy atom. The van der Waals surface area contributed by atoms with Gasteiger partial charge in [0, 0.05) is 44.8 Å². The number of urea groups is 1. The number of likely N-dealkylation sites (N-methyl/N-ethyl adjacent to an activating group) is 1. The number of nitrogens with one attached hydrogen (secondary N) is 1. The fourth-order valence-corrected chi connectivity index (χ4v) is 3.04. The zero-order valence-corrected chi connectivity index (χ0v) is 15.3. The van der Waals surface area contributed by atoms with E-state index in [9.17, 15) is 14.4 Å². The molecule has 1 aromatic rings. The second-order valence-corrected chi connectivity index (χ2v) is 6.81. The second kappa shape index (κ2) is 7.23. The molecule has 0 saturated carbocycles. The van der Waals surface area contributed by atoms with Gasteiger partial charge >= 0.3 is 6.03 Å². The number of nitrogens with zero attached hydrogens (tertiary/aromatic N) is 3. The molecule has 1 N–H and O–H groups in total. The van der Waals surface area contributed by atoms with Crippen LogP contribution in [-0.4, -0.2) is 73.5 Å². The summed E-state index contributed by atoms with van der Waals surface area (Å²) in [6.07, 6.45) is 0. The molecule has 1 saturated heterocycles. The van der Waals surface area contributed by atoms with Gasteiger partial charge in [-0.25, -0.2) is 4.79 Å². The maximum atomic E-state index is 12.8. The van der Waals surface area contributed by atoms with Crippen molar-refractivity contribution >= 4 is 23.5 Å². The Bertz CT molecular complexity index is 726. The van der Waals surface area contributed by atoms with Gasteiger partial charge in [0.15, 0.2) is 6.61 Å². The van der Waals surface area contributed by atoms with Gasteiger partial charge in [0.1, 0.15) is 5.75 Å². The smallest absolute Gasteiger partial charge is 0.317 e. The van der Waals surface area contributed by atoms with Gasteiger partial charge in [-0.3, -0.25) is 9.59 Å². The molecule has 4 amide bonds. The van der Waals surface area contributed by atoms with E-state index in [0.29, 0.717) is 43.2 Å². The van der Waals surface area contributed by atoms with Crippen LogP contribution in [0.3, 0.4) is 0 Å². The van der Waals surface area contributed by atoms with Crippen LogP contribution < -0.4 is 15.0 Å². The van der Waals surface area contributed by atoms with Crippen LogP contribution >= 0.6 is 0 Å². The van der Waals surface area contributed by atoms with Crippen molar-refractivity contribution in [2.24, 2.45) is 0 Å². The molecule has 0 radical (unpaired) electrons. The third-order valence-corrected chi connectivity index (χ3v) is 4.56. The first-order valence-electron chi connectivity index (χ1n) is 8.75. The van der Waals surface area contributed by atoms with Crippen LogP contribution in [0.2, 0.25) is 0 Å². The summed E-state index contributed by atoms with van der Waals surface area (Å²) in [5.74, 6) is 0.342. The SMILES string of the molecule is CC(C)NC(=O)N1CCN(C(=O)c2ccc3c(c2)N(C)C(=O)CO3)CC1. The first kappa shape index (κ1) is 18.0. The Kier molecular flexibility index (Phi) is 5.01. The number of anilines is 1. The molecule has 0 unspecified atom stereocenters. The van der Waals surface area contributed by atoms with Crippen molar-refractivity contribution in [3.05, 3.63) is 23.8 Å².